The van der Waals surface area contributed by atoms with E-state index in [1.807, 2.05) is 0 Å². The van der Waals surface area contributed by atoms with Crippen LogP contribution < -0.4 is 22.2 Å². The van der Waals surface area contributed by atoms with Crippen LogP contribution in [0.25, 0.3) is 22.3 Å². The van der Waals surface area contributed by atoms with E-state index in [0.29, 0.717) is 6.20 Å². The number of benzene rings is 1. The Labute approximate surface area is 234 Å². The summed E-state index contributed by atoms with van der Waals surface area (Å²) in [4.78, 5) is 36.2. The molecule has 0 aliphatic carbocycles. The Morgan fingerprint density at radius 1 is 1.09 bits per heavy atom. The molecule has 0 saturated carbocycles. The van der Waals surface area contributed by atoms with Gasteiger partial charge >= 0.3 is 12.8 Å². The smallest absolute Gasteiger partial charge is 0.383 e. The fourth-order valence-corrected chi connectivity index (χ4v) is 4.11. The molecule has 0 spiro atoms. The van der Waals surface area contributed by atoms with Crippen molar-refractivity contribution in [2.75, 3.05) is 17.7 Å². The lowest BCUT2D eigenvalue weighted by Crippen LogP contribution is -2.32. The van der Waals surface area contributed by atoms with Crippen LogP contribution in [0.5, 0.6) is 0 Å². The second-order valence-electron chi connectivity index (χ2n) is 8.99. The van der Waals surface area contributed by atoms with Gasteiger partial charge in [-0.05, 0) is 25.0 Å². The Balaban J connectivity index is 1.54. The minimum Gasteiger partial charge on any atom is -0.383 e. The number of nitrogens with two attached hydrogens (primary N) is 1. The minimum atomic E-state index is -5.08. The van der Waals surface area contributed by atoms with Gasteiger partial charge in [0, 0.05) is 18.8 Å². The lowest BCUT2D eigenvalue weighted by atomic mass is 10.1. The van der Waals surface area contributed by atoms with Gasteiger partial charge in [-0.15, -0.1) is 0 Å². The molecule has 3 aromatic heterocycles. The van der Waals surface area contributed by atoms with E-state index in [9.17, 15) is 44.7 Å². The molecule has 0 aliphatic heterocycles. The van der Waals surface area contributed by atoms with E-state index in [0.717, 1.165) is 29.2 Å². The van der Waals surface area contributed by atoms with Gasteiger partial charge in [-0.1, -0.05) is 0 Å². The van der Waals surface area contributed by atoms with Crippen LogP contribution >= 0.6 is 0 Å². The van der Waals surface area contributed by atoms with Crippen LogP contribution in [0.4, 0.5) is 46.6 Å². The second kappa shape index (κ2) is 12.7. The third kappa shape index (κ3) is 7.22. The molecule has 0 aliphatic rings. The van der Waals surface area contributed by atoms with Crippen molar-refractivity contribution >= 4 is 22.4 Å². The molecule has 11 nitrogen and oxygen atoms in total. The van der Waals surface area contributed by atoms with Crippen molar-refractivity contribution in [3.63, 3.8) is 0 Å². The Kier molecular flexibility index (Phi) is 9.22. The molecule has 4 rings (SSSR count). The maximum absolute atomic E-state index is 14.9. The molecule has 1 atom stereocenters. The van der Waals surface area contributed by atoms with E-state index in [4.69, 9.17) is 5.73 Å². The molecule has 4 N–H and O–H groups in total. The summed E-state index contributed by atoms with van der Waals surface area (Å²) in [6.07, 6.45) is -5.62. The van der Waals surface area contributed by atoms with Crippen LogP contribution in [0.2, 0.25) is 0 Å². The maximum Gasteiger partial charge on any atom is 0.423 e. The molecule has 0 unspecified atom stereocenters. The van der Waals surface area contributed by atoms with Gasteiger partial charge in [-0.2, -0.15) is 27.1 Å². The van der Waals surface area contributed by atoms with Crippen LogP contribution in [-0.4, -0.2) is 49.0 Å². The number of nitrogens with one attached hydrogen (secondary N) is 2. The SMILES string of the molecule is Nc1nc(-c2cc3ncn(CCC[C@H](COC(F)F)Nc4cn[nH]c(=O)c4C(F)(F)F)c(=O)c3cc2F)ncc1C(F)F. The highest BCUT2D eigenvalue weighted by Crippen LogP contribution is 2.32. The number of nitrogen functional groups attached to an aromatic ring is 1. The predicted molar refractivity (Wildman–Crippen MR) is 135 cm³/mol. The molecule has 0 radical (unpaired) electrons. The molecule has 1 aromatic carbocycles. The van der Waals surface area contributed by atoms with Crippen LogP contribution in [-0.2, 0) is 17.5 Å². The number of H-pyrrole nitrogens is 1. The first-order valence-electron chi connectivity index (χ1n) is 12.2. The molecular weight excluding hydrogens is 600 g/mol. The van der Waals surface area contributed by atoms with Gasteiger partial charge in [-0.3, -0.25) is 14.2 Å². The molecule has 43 heavy (non-hydrogen) atoms. The zero-order chi connectivity index (χ0) is 31.5. The van der Waals surface area contributed by atoms with Crippen molar-refractivity contribution < 1.29 is 39.9 Å². The highest BCUT2D eigenvalue weighted by Gasteiger charge is 2.37. The average molecular weight is 620 g/mol. The molecule has 0 saturated heterocycles. The average Bonchev–Trinajstić information content (AvgIpc) is 2.92. The van der Waals surface area contributed by atoms with Crippen LogP contribution in [0.1, 0.15) is 30.4 Å². The van der Waals surface area contributed by atoms with E-state index in [1.165, 1.54) is 0 Å². The lowest BCUT2D eigenvalue weighted by Gasteiger charge is -2.22. The van der Waals surface area contributed by atoms with Gasteiger partial charge in [0.2, 0.25) is 0 Å². The number of aryl methyl sites for hydroxylation is 1. The maximum atomic E-state index is 14.9. The van der Waals surface area contributed by atoms with Crippen molar-refractivity contribution in [2.24, 2.45) is 0 Å². The fraction of sp³-hybridized carbons (Fsp3) is 0.333. The summed E-state index contributed by atoms with van der Waals surface area (Å²) in [6.45, 7) is -4.11. The number of halogens is 8. The molecule has 0 fully saturated rings. The number of alkyl halides is 7. The third-order valence-corrected chi connectivity index (χ3v) is 6.11. The van der Waals surface area contributed by atoms with E-state index >= 15 is 0 Å². The first kappa shape index (κ1) is 31.3. The summed E-state index contributed by atoms with van der Waals surface area (Å²) in [5.74, 6) is -1.85. The van der Waals surface area contributed by atoms with Crippen molar-refractivity contribution in [3.05, 3.63) is 68.5 Å². The Morgan fingerprint density at radius 2 is 1.84 bits per heavy atom. The summed E-state index contributed by atoms with van der Waals surface area (Å²) in [6, 6.07) is 0.797. The topological polar surface area (TPSA) is 154 Å². The Morgan fingerprint density at radius 3 is 2.49 bits per heavy atom. The number of aromatic nitrogens is 6. The normalized spacial score (nSPS) is 12.8. The van der Waals surface area contributed by atoms with Gasteiger partial charge in [0.1, 0.15) is 17.2 Å². The number of fused-ring (bicyclic) bond motifs is 1. The Hall–Kier alpha value is -4.68. The molecular formula is C24H20F8N8O3. The van der Waals surface area contributed by atoms with E-state index in [-0.39, 0.29) is 41.7 Å². The first-order chi connectivity index (χ1) is 20.3. The van der Waals surface area contributed by atoms with Crippen molar-refractivity contribution in [2.45, 2.75) is 44.6 Å². The summed E-state index contributed by atoms with van der Waals surface area (Å²) in [7, 11) is 0. The highest BCUT2D eigenvalue weighted by molar-refractivity contribution is 5.82. The number of aromatic amines is 1. The quantitative estimate of drug-likeness (QED) is 0.210. The number of nitrogens with zero attached hydrogens (tertiary/aromatic N) is 5. The number of hydrogen-bond donors (Lipinski definition) is 3. The van der Waals surface area contributed by atoms with Gasteiger partial charge in [0.05, 0.1) is 46.8 Å². The van der Waals surface area contributed by atoms with Crippen LogP contribution in [0, 0.1) is 5.82 Å². The van der Waals surface area contributed by atoms with Gasteiger partial charge < -0.3 is 15.8 Å². The summed E-state index contributed by atoms with van der Waals surface area (Å²) < 4.78 is 112. The highest BCUT2D eigenvalue weighted by atomic mass is 19.4. The standard InChI is InChI=1S/C24H20F8N8O3/c25-14-4-12-15(5-11(14)20-34-6-13(18(26)27)19(33)38-20)35-9-40(22(12)42)3-1-2-10(8-43-23(28)29)37-16-7-36-39-21(41)17(16)24(30,31)32/h4-7,9-10,18,23H,1-3,8H2,(H2,33,34,38)(H2,37,39,41)/t10-/m1/s1. The summed E-state index contributed by atoms with van der Waals surface area (Å²) in [5.41, 5.74) is -0.0220. The van der Waals surface area contributed by atoms with Crippen LogP contribution in [0.15, 0.2) is 40.4 Å². The Bertz CT molecular complexity index is 1730. The van der Waals surface area contributed by atoms with Crippen LogP contribution in [0.3, 0.4) is 0 Å². The molecule has 0 amide bonds. The first-order valence-corrected chi connectivity index (χ1v) is 12.2. The molecule has 0 bridgehead atoms. The third-order valence-electron chi connectivity index (χ3n) is 6.11. The summed E-state index contributed by atoms with van der Waals surface area (Å²) >= 11 is 0. The zero-order valence-corrected chi connectivity index (χ0v) is 21.5. The number of anilines is 2. The van der Waals surface area contributed by atoms with Gasteiger partial charge in [0.15, 0.2) is 5.82 Å². The van der Waals surface area contributed by atoms with Crippen molar-refractivity contribution in [3.8, 4) is 11.4 Å². The van der Waals surface area contributed by atoms with Crippen molar-refractivity contribution in [1.82, 2.24) is 29.7 Å². The predicted octanol–water partition coefficient (Wildman–Crippen LogP) is 4.11. The lowest BCUT2D eigenvalue weighted by molar-refractivity contribution is -0.138. The monoisotopic (exact) mass is 620 g/mol. The largest absolute Gasteiger partial charge is 0.423 e. The van der Waals surface area contributed by atoms with E-state index in [1.54, 1.807) is 5.10 Å². The fourth-order valence-electron chi connectivity index (χ4n) is 4.11. The number of rotatable bonds is 11. The van der Waals surface area contributed by atoms with E-state index in [2.05, 4.69) is 30.1 Å². The van der Waals surface area contributed by atoms with Gasteiger partial charge in [-0.25, -0.2) is 33.2 Å². The minimum absolute atomic E-state index is 0.00381. The zero-order valence-electron chi connectivity index (χ0n) is 21.5. The molecule has 3 heterocycles. The van der Waals surface area contributed by atoms with Gasteiger partial charge in [0.25, 0.3) is 17.5 Å². The summed E-state index contributed by atoms with van der Waals surface area (Å²) in [5, 5.41) is 7.13. The number of ether oxygens (including phenoxy) is 1. The number of hydrogen-bond acceptors (Lipinski definition) is 9. The molecule has 4 aromatic rings. The molecule has 19 heteroatoms. The molecule has 230 valence electrons. The van der Waals surface area contributed by atoms with Crippen molar-refractivity contribution in [1.29, 1.82) is 0 Å². The second-order valence-corrected chi connectivity index (χ2v) is 8.99. The van der Waals surface area contributed by atoms with E-state index < -0.39 is 71.4 Å².